The van der Waals surface area contributed by atoms with E-state index in [1.165, 1.54) is 0 Å². The topological polar surface area (TPSA) is 75.2 Å². The second-order valence-corrected chi connectivity index (χ2v) is 5.72. The molecule has 7 heteroatoms. The van der Waals surface area contributed by atoms with E-state index in [9.17, 15) is 0 Å². The van der Waals surface area contributed by atoms with Crippen LogP contribution in [-0.2, 0) is 17.9 Å². The molecule has 0 radical (unpaired) electrons. The molecule has 0 aliphatic carbocycles. The Kier molecular flexibility index (Phi) is 4.24. The number of rotatable bonds is 6. The highest BCUT2D eigenvalue weighted by molar-refractivity contribution is 5.20. The number of hydrogen-bond acceptors (Lipinski definition) is 6. The summed E-state index contributed by atoms with van der Waals surface area (Å²) in [4.78, 5) is 4.43. The van der Waals surface area contributed by atoms with Gasteiger partial charge in [0.25, 0.3) is 5.89 Å². The third-order valence-electron chi connectivity index (χ3n) is 4.03. The molecule has 0 bridgehead atoms. The first-order chi connectivity index (χ1) is 11.9. The first kappa shape index (κ1) is 14.9. The van der Waals surface area contributed by atoms with Gasteiger partial charge in [0.05, 0.1) is 0 Å². The maximum absolute atomic E-state index is 5.80. The van der Waals surface area contributed by atoms with Gasteiger partial charge in [-0.05, 0) is 24.6 Å². The van der Waals surface area contributed by atoms with Gasteiger partial charge < -0.3 is 14.0 Å². The van der Waals surface area contributed by atoms with Crippen molar-refractivity contribution in [2.24, 2.45) is 5.92 Å². The molecule has 0 spiro atoms. The van der Waals surface area contributed by atoms with Crippen LogP contribution in [0.4, 0.5) is 0 Å². The smallest absolute Gasteiger partial charge is 0.256 e. The SMILES string of the molecule is c1ccc(OCc2noc([C@H]3OCC[C@H]3Cn3cccn3)n2)cc1. The van der Waals surface area contributed by atoms with Crippen molar-refractivity contribution < 1.29 is 14.0 Å². The summed E-state index contributed by atoms with van der Waals surface area (Å²) in [5.41, 5.74) is 0. The molecule has 0 saturated carbocycles. The summed E-state index contributed by atoms with van der Waals surface area (Å²) >= 11 is 0. The number of para-hydroxylation sites is 1. The standard InChI is InChI=1S/C17H18N4O3/c1-2-5-14(6-3-1)23-12-15-19-17(24-20-15)16-13(7-10-22-16)11-21-9-4-8-18-21/h1-6,8-9,13,16H,7,10-12H2/t13-,16-/m0/s1. The number of nitrogens with zero attached hydrogens (tertiary/aromatic N) is 4. The Morgan fingerprint density at radius 1 is 1.21 bits per heavy atom. The van der Waals surface area contributed by atoms with Crippen LogP contribution >= 0.6 is 0 Å². The Hall–Kier alpha value is -2.67. The average Bonchev–Trinajstić information content (AvgIpc) is 3.36. The van der Waals surface area contributed by atoms with Gasteiger partial charge in [-0.15, -0.1) is 0 Å². The summed E-state index contributed by atoms with van der Waals surface area (Å²) < 4.78 is 18.7. The van der Waals surface area contributed by atoms with Gasteiger partial charge in [0.2, 0.25) is 5.82 Å². The van der Waals surface area contributed by atoms with Crippen LogP contribution in [0.15, 0.2) is 53.3 Å². The van der Waals surface area contributed by atoms with Crippen molar-refractivity contribution >= 4 is 0 Å². The molecule has 1 aliphatic rings. The molecule has 3 heterocycles. The third-order valence-corrected chi connectivity index (χ3v) is 4.03. The first-order valence-corrected chi connectivity index (χ1v) is 7.98. The fourth-order valence-electron chi connectivity index (χ4n) is 2.85. The maximum atomic E-state index is 5.80. The van der Waals surface area contributed by atoms with Crippen molar-refractivity contribution in [3.63, 3.8) is 0 Å². The molecule has 24 heavy (non-hydrogen) atoms. The quantitative estimate of drug-likeness (QED) is 0.693. The molecule has 7 nitrogen and oxygen atoms in total. The lowest BCUT2D eigenvalue weighted by Crippen LogP contribution is -2.15. The highest BCUT2D eigenvalue weighted by Crippen LogP contribution is 2.34. The summed E-state index contributed by atoms with van der Waals surface area (Å²) in [6.07, 6.45) is 4.48. The Balaban J connectivity index is 1.40. The molecule has 1 aliphatic heterocycles. The van der Waals surface area contributed by atoms with E-state index in [0.717, 1.165) is 18.7 Å². The van der Waals surface area contributed by atoms with Gasteiger partial charge >= 0.3 is 0 Å². The van der Waals surface area contributed by atoms with E-state index in [0.29, 0.717) is 18.3 Å². The van der Waals surface area contributed by atoms with E-state index in [-0.39, 0.29) is 18.6 Å². The van der Waals surface area contributed by atoms with Crippen LogP contribution < -0.4 is 4.74 Å². The summed E-state index contributed by atoms with van der Waals surface area (Å²) in [6.45, 7) is 1.73. The molecular formula is C17H18N4O3. The van der Waals surface area contributed by atoms with Crippen molar-refractivity contribution in [3.05, 3.63) is 60.5 Å². The monoisotopic (exact) mass is 326 g/mol. The minimum absolute atomic E-state index is 0.188. The molecule has 0 unspecified atom stereocenters. The largest absolute Gasteiger partial charge is 0.485 e. The minimum atomic E-state index is -0.188. The second-order valence-electron chi connectivity index (χ2n) is 5.72. The molecule has 0 N–H and O–H groups in total. The van der Waals surface area contributed by atoms with E-state index in [2.05, 4.69) is 15.2 Å². The lowest BCUT2D eigenvalue weighted by atomic mass is 10.0. The van der Waals surface area contributed by atoms with Gasteiger partial charge in [-0.1, -0.05) is 23.4 Å². The van der Waals surface area contributed by atoms with E-state index in [1.54, 1.807) is 6.20 Å². The normalized spacial score (nSPS) is 20.3. The minimum Gasteiger partial charge on any atom is -0.485 e. The highest BCUT2D eigenvalue weighted by Gasteiger charge is 2.34. The zero-order chi connectivity index (χ0) is 16.2. The fraction of sp³-hybridized carbons (Fsp3) is 0.353. The van der Waals surface area contributed by atoms with E-state index < -0.39 is 0 Å². The van der Waals surface area contributed by atoms with Crippen LogP contribution in [0.25, 0.3) is 0 Å². The molecule has 2 aromatic heterocycles. The first-order valence-electron chi connectivity index (χ1n) is 7.98. The highest BCUT2D eigenvalue weighted by atomic mass is 16.5. The predicted molar refractivity (Wildman–Crippen MR) is 84.1 cm³/mol. The maximum Gasteiger partial charge on any atom is 0.256 e. The molecule has 124 valence electrons. The van der Waals surface area contributed by atoms with Gasteiger partial charge in [-0.25, -0.2) is 0 Å². The van der Waals surface area contributed by atoms with Gasteiger partial charge in [0.15, 0.2) is 6.61 Å². The number of ether oxygens (including phenoxy) is 2. The van der Waals surface area contributed by atoms with Crippen LogP contribution in [-0.4, -0.2) is 26.5 Å². The Bertz CT molecular complexity index is 757. The van der Waals surface area contributed by atoms with Crippen LogP contribution in [0.3, 0.4) is 0 Å². The van der Waals surface area contributed by atoms with Gasteiger partial charge in [0, 0.05) is 31.5 Å². The fourth-order valence-corrected chi connectivity index (χ4v) is 2.85. The molecule has 1 saturated heterocycles. The molecule has 4 rings (SSSR count). The van der Waals surface area contributed by atoms with Gasteiger partial charge in [0.1, 0.15) is 11.9 Å². The average molecular weight is 326 g/mol. The number of benzene rings is 1. The van der Waals surface area contributed by atoms with Gasteiger partial charge in [-0.3, -0.25) is 4.68 Å². The van der Waals surface area contributed by atoms with Crippen molar-refractivity contribution in [2.75, 3.05) is 6.61 Å². The van der Waals surface area contributed by atoms with E-state index >= 15 is 0 Å². The van der Waals surface area contributed by atoms with Crippen LogP contribution in [0.1, 0.15) is 24.2 Å². The Morgan fingerprint density at radius 3 is 2.96 bits per heavy atom. The van der Waals surface area contributed by atoms with Gasteiger partial charge in [-0.2, -0.15) is 10.1 Å². The predicted octanol–water partition coefficient (Wildman–Crippen LogP) is 2.62. The van der Waals surface area contributed by atoms with Crippen molar-refractivity contribution in [1.29, 1.82) is 0 Å². The van der Waals surface area contributed by atoms with Crippen molar-refractivity contribution in [3.8, 4) is 5.75 Å². The molecule has 3 aromatic rings. The molecule has 1 fully saturated rings. The van der Waals surface area contributed by atoms with Crippen molar-refractivity contribution in [2.45, 2.75) is 25.7 Å². The Morgan fingerprint density at radius 2 is 2.12 bits per heavy atom. The van der Waals surface area contributed by atoms with Crippen LogP contribution in [0, 0.1) is 5.92 Å². The third kappa shape index (κ3) is 3.30. The second kappa shape index (κ2) is 6.84. The lowest BCUT2D eigenvalue weighted by Gasteiger charge is -2.14. The molecule has 1 aromatic carbocycles. The van der Waals surface area contributed by atoms with Crippen LogP contribution in [0.2, 0.25) is 0 Å². The zero-order valence-electron chi connectivity index (χ0n) is 13.1. The van der Waals surface area contributed by atoms with Crippen molar-refractivity contribution in [1.82, 2.24) is 19.9 Å². The zero-order valence-corrected chi connectivity index (χ0v) is 13.1. The number of aromatic nitrogens is 4. The molecule has 0 amide bonds. The summed E-state index contributed by atoms with van der Waals surface area (Å²) in [6, 6.07) is 11.5. The van der Waals surface area contributed by atoms with E-state index in [1.807, 2.05) is 47.3 Å². The van der Waals surface area contributed by atoms with E-state index in [4.69, 9.17) is 14.0 Å². The number of hydrogen-bond donors (Lipinski definition) is 0. The summed E-state index contributed by atoms with van der Waals surface area (Å²) in [7, 11) is 0. The molecule has 2 atom stereocenters. The summed E-state index contributed by atoms with van der Waals surface area (Å²) in [5, 5.41) is 8.24. The Labute approximate surface area is 139 Å². The molecular weight excluding hydrogens is 308 g/mol. The lowest BCUT2D eigenvalue weighted by molar-refractivity contribution is 0.0578. The van der Waals surface area contributed by atoms with Crippen LogP contribution in [0.5, 0.6) is 5.75 Å². The summed E-state index contributed by atoms with van der Waals surface area (Å²) in [5.74, 6) is 2.07.